The molecule has 2 heterocycles. The predicted molar refractivity (Wildman–Crippen MR) is 139 cm³/mol. The molecule has 9 heteroatoms. The zero-order valence-corrected chi connectivity index (χ0v) is 21.7. The van der Waals surface area contributed by atoms with E-state index in [1.165, 1.54) is 0 Å². The number of likely N-dealkylation sites (N-methyl/N-ethyl adjacent to an activating group) is 1. The van der Waals surface area contributed by atoms with Crippen LogP contribution in [0.15, 0.2) is 40.9 Å². The van der Waals surface area contributed by atoms with E-state index in [-0.39, 0.29) is 18.2 Å². The largest absolute Gasteiger partial charge is 0.490 e. The van der Waals surface area contributed by atoms with Gasteiger partial charge in [-0.3, -0.25) is 0 Å². The van der Waals surface area contributed by atoms with Crippen LogP contribution in [0.25, 0.3) is 22.8 Å². The third-order valence-corrected chi connectivity index (χ3v) is 7.13. The summed E-state index contributed by atoms with van der Waals surface area (Å²) in [7, 11) is 4.12. The SMILES string of the molecule is CC(C)Oc1ccc(-c2nc(-c3cccc4c3CCC4NC(=O)N3CCC(N(C)C)C3)no2)cc1C#N. The van der Waals surface area contributed by atoms with Crippen molar-refractivity contribution >= 4 is 6.03 Å². The summed E-state index contributed by atoms with van der Waals surface area (Å²) in [6, 6.07) is 13.8. The number of urea groups is 1. The summed E-state index contributed by atoms with van der Waals surface area (Å²) in [5.41, 5.74) is 4.21. The standard InChI is InChI=1S/C28H32N6O3/c1-17(2)36-25-11-8-18(14-19(25)15-29)27-31-26(32-37-27)23-7-5-6-22-21(23)9-10-24(22)30-28(35)34-13-12-20(16-34)33(3)4/h5-8,11,14,17,20,24H,9-10,12-13,16H2,1-4H3,(H,30,35). The number of nitrogens with one attached hydrogen (secondary N) is 1. The highest BCUT2D eigenvalue weighted by molar-refractivity contribution is 5.76. The third kappa shape index (κ3) is 5.02. The number of amides is 2. The van der Waals surface area contributed by atoms with Gasteiger partial charge in [-0.05, 0) is 76.5 Å². The molecule has 0 saturated carbocycles. The van der Waals surface area contributed by atoms with Crippen molar-refractivity contribution in [3.63, 3.8) is 0 Å². The quantitative estimate of drug-likeness (QED) is 0.535. The van der Waals surface area contributed by atoms with Crippen LogP contribution in [-0.4, -0.2) is 65.3 Å². The van der Waals surface area contributed by atoms with Crippen LogP contribution in [0.2, 0.25) is 0 Å². The lowest BCUT2D eigenvalue weighted by molar-refractivity contribution is 0.199. The van der Waals surface area contributed by atoms with Gasteiger partial charge in [0.2, 0.25) is 5.82 Å². The highest BCUT2D eigenvalue weighted by atomic mass is 16.5. The molecule has 0 bridgehead atoms. The molecule has 2 atom stereocenters. The summed E-state index contributed by atoms with van der Waals surface area (Å²) in [5, 5.41) is 17.0. The fourth-order valence-corrected chi connectivity index (χ4v) is 5.16. The molecule has 1 saturated heterocycles. The van der Waals surface area contributed by atoms with Crippen LogP contribution < -0.4 is 10.1 Å². The van der Waals surface area contributed by atoms with Crippen LogP contribution in [0.3, 0.4) is 0 Å². The average Bonchev–Trinajstić information content (AvgIpc) is 3.64. The molecule has 192 valence electrons. The number of nitriles is 1. The van der Waals surface area contributed by atoms with Crippen molar-refractivity contribution in [3.8, 4) is 34.7 Å². The van der Waals surface area contributed by atoms with Gasteiger partial charge in [-0.2, -0.15) is 10.2 Å². The van der Waals surface area contributed by atoms with Crippen molar-refractivity contribution in [2.45, 2.75) is 51.3 Å². The number of carbonyl (C=O) groups is 1. The minimum atomic E-state index is -0.0427. The normalized spacial score (nSPS) is 18.8. The van der Waals surface area contributed by atoms with Crippen LogP contribution in [0.1, 0.15) is 49.4 Å². The van der Waals surface area contributed by atoms with Crippen LogP contribution in [0, 0.1) is 11.3 Å². The van der Waals surface area contributed by atoms with E-state index >= 15 is 0 Å². The number of ether oxygens (including phenoxy) is 1. The average molecular weight is 501 g/mol. The highest BCUT2D eigenvalue weighted by Crippen LogP contribution is 2.38. The first kappa shape index (κ1) is 24.8. The second kappa shape index (κ2) is 10.2. The Morgan fingerprint density at radius 3 is 2.84 bits per heavy atom. The summed E-state index contributed by atoms with van der Waals surface area (Å²) in [6.07, 6.45) is 2.61. The maximum atomic E-state index is 13.0. The van der Waals surface area contributed by atoms with Crippen molar-refractivity contribution in [1.82, 2.24) is 25.3 Å². The highest BCUT2D eigenvalue weighted by Gasteiger charge is 2.32. The molecule has 3 aromatic rings. The van der Waals surface area contributed by atoms with E-state index in [2.05, 4.69) is 46.6 Å². The summed E-state index contributed by atoms with van der Waals surface area (Å²) in [6.45, 7) is 5.36. The topological polar surface area (TPSA) is 108 Å². The van der Waals surface area contributed by atoms with Crippen LogP contribution >= 0.6 is 0 Å². The molecule has 1 aliphatic heterocycles. The summed E-state index contributed by atoms with van der Waals surface area (Å²) < 4.78 is 11.3. The fraction of sp³-hybridized carbons (Fsp3) is 0.429. The van der Waals surface area contributed by atoms with Gasteiger partial charge >= 0.3 is 6.03 Å². The van der Waals surface area contributed by atoms with Gasteiger partial charge in [0.1, 0.15) is 11.8 Å². The molecule has 1 fully saturated rings. The predicted octanol–water partition coefficient (Wildman–Crippen LogP) is 4.40. The zero-order chi connectivity index (χ0) is 26.1. The third-order valence-electron chi connectivity index (χ3n) is 7.13. The Labute approximate surface area is 217 Å². The monoisotopic (exact) mass is 500 g/mol. The molecule has 2 unspecified atom stereocenters. The number of rotatable bonds is 6. The Morgan fingerprint density at radius 1 is 1.27 bits per heavy atom. The first-order valence-corrected chi connectivity index (χ1v) is 12.7. The van der Waals surface area contributed by atoms with Crippen LogP contribution in [0.5, 0.6) is 5.75 Å². The lowest BCUT2D eigenvalue weighted by Gasteiger charge is -2.23. The first-order valence-electron chi connectivity index (χ1n) is 12.7. The molecule has 0 radical (unpaired) electrons. The second-order valence-corrected chi connectivity index (χ2v) is 10.2. The number of benzene rings is 2. The van der Waals surface area contributed by atoms with Crippen molar-refractivity contribution in [2.75, 3.05) is 27.2 Å². The van der Waals surface area contributed by atoms with Crippen molar-refractivity contribution in [2.24, 2.45) is 0 Å². The maximum absolute atomic E-state index is 13.0. The molecular weight excluding hydrogens is 468 g/mol. The molecular formula is C28H32N6O3. The number of hydrogen-bond acceptors (Lipinski definition) is 7. The smallest absolute Gasteiger partial charge is 0.317 e. The Hall–Kier alpha value is -3.90. The Kier molecular flexibility index (Phi) is 6.85. The molecule has 1 aromatic heterocycles. The molecule has 37 heavy (non-hydrogen) atoms. The summed E-state index contributed by atoms with van der Waals surface area (Å²) in [4.78, 5) is 21.7. The molecule has 1 N–H and O–H groups in total. The minimum absolute atomic E-state index is 0.00681. The van der Waals surface area contributed by atoms with Crippen LogP contribution in [0.4, 0.5) is 4.79 Å². The molecule has 0 spiro atoms. The number of hydrogen-bond donors (Lipinski definition) is 1. The van der Waals surface area contributed by atoms with Crippen molar-refractivity contribution in [3.05, 3.63) is 53.1 Å². The van der Waals surface area contributed by atoms with Crippen molar-refractivity contribution in [1.29, 1.82) is 5.26 Å². The first-order chi connectivity index (χ1) is 17.8. The minimum Gasteiger partial charge on any atom is -0.490 e. The van der Waals surface area contributed by atoms with Gasteiger partial charge in [-0.25, -0.2) is 4.79 Å². The van der Waals surface area contributed by atoms with Crippen molar-refractivity contribution < 1.29 is 14.1 Å². The molecule has 5 rings (SSSR count). The zero-order valence-electron chi connectivity index (χ0n) is 21.7. The Bertz CT molecular complexity index is 1340. The number of carbonyl (C=O) groups excluding carboxylic acids is 1. The molecule has 2 aliphatic rings. The fourth-order valence-electron chi connectivity index (χ4n) is 5.16. The van der Waals surface area contributed by atoms with E-state index in [0.717, 1.165) is 49.0 Å². The number of likely N-dealkylation sites (tertiary alicyclic amines) is 1. The van der Waals surface area contributed by atoms with E-state index in [0.29, 0.717) is 34.6 Å². The van der Waals surface area contributed by atoms with E-state index in [1.54, 1.807) is 12.1 Å². The van der Waals surface area contributed by atoms with E-state index in [1.807, 2.05) is 36.9 Å². The molecule has 9 nitrogen and oxygen atoms in total. The summed E-state index contributed by atoms with van der Waals surface area (Å²) in [5.74, 6) is 1.36. The molecule has 1 aliphatic carbocycles. The van der Waals surface area contributed by atoms with Gasteiger partial charge in [0.05, 0.1) is 17.7 Å². The van der Waals surface area contributed by atoms with Crippen LogP contribution in [-0.2, 0) is 6.42 Å². The maximum Gasteiger partial charge on any atom is 0.317 e. The van der Waals surface area contributed by atoms with E-state index < -0.39 is 0 Å². The van der Waals surface area contributed by atoms with Gasteiger partial charge in [0, 0.05) is 30.3 Å². The van der Waals surface area contributed by atoms with E-state index in [4.69, 9.17) is 9.26 Å². The van der Waals surface area contributed by atoms with Gasteiger partial charge in [0.15, 0.2) is 0 Å². The number of fused-ring (bicyclic) bond motifs is 1. The van der Waals surface area contributed by atoms with Gasteiger partial charge in [0.25, 0.3) is 5.89 Å². The molecule has 2 aromatic carbocycles. The summed E-state index contributed by atoms with van der Waals surface area (Å²) >= 11 is 0. The second-order valence-electron chi connectivity index (χ2n) is 10.2. The van der Waals surface area contributed by atoms with Gasteiger partial charge < -0.3 is 24.4 Å². The lowest BCUT2D eigenvalue weighted by atomic mass is 10.0. The van der Waals surface area contributed by atoms with E-state index in [9.17, 15) is 10.1 Å². The van der Waals surface area contributed by atoms with Gasteiger partial charge in [-0.1, -0.05) is 23.4 Å². The number of nitrogens with zero attached hydrogens (tertiary/aromatic N) is 5. The lowest BCUT2D eigenvalue weighted by Crippen LogP contribution is -2.41. The Balaban J connectivity index is 1.34. The number of aromatic nitrogens is 2. The Morgan fingerprint density at radius 2 is 2.11 bits per heavy atom. The van der Waals surface area contributed by atoms with Gasteiger partial charge in [-0.15, -0.1) is 0 Å². The molecule has 2 amide bonds.